The molecule has 3 aliphatic carbocycles. The number of hydrogen-bond donors (Lipinski definition) is 3. The van der Waals surface area contributed by atoms with Crippen molar-refractivity contribution in [2.45, 2.75) is 75.7 Å². The molecule has 182 valence electrons. The van der Waals surface area contributed by atoms with Crippen LogP contribution in [0.1, 0.15) is 52.4 Å². The maximum atomic E-state index is 13.5. The molecule has 1 aromatic rings. The van der Waals surface area contributed by atoms with Crippen molar-refractivity contribution >= 4 is 23.4 Å². The maximum absolute atomic E-state index is 13.5. The van der Waals surface area contributed by atoms with Gasteiger partial charge in [-0.3, -0.25) is 9.59 Å². The van der Waals surface area contributed by atoms with Crippen molar-refractivity contribution < 1.29 is 28.7 Å². The molecule has 11 heteroatoms. The number of aliphatic hydroxyl groups is 1. The molecule has 0 spiro atoms. The highest BCUT2D eigenvalue weighted by molar-refractivity contribution is 6.30. The van der Waals surface area contributed by atoms with E-state index < -0.39 is 40.9 Å². The fourth-order valence-electron chi connectivity index (χ4n) is 4.71. The van der Waals surface area contributed by atoms with Crippen LogP contribution in [0.3, 0.4) is 0 Å². The van der Waals surface area contributed by atoms with Gasteiger partial charge in [-0.25, -0.2) is 4.39 Å². The lowest BCUT2D eigenvalue weighted by atomic mass is 9.59. The third-order valence-electron chi connectivity index (χ3n) is 6.51. The number of hydrogen-bond acceptors (Lipinski definition) is 7. The molecule has 0 aromatic heterocycles. The van der Waals surface area contributed by atoms with Crippen LogP contribution in [0.15, 0.2) is 23.5 Å². The second kappa shape index (κ2) is 10.2. The van der Waals surface area contributed by atoms with Gasteiger partial charge in [-0.05, 0) is 56.6 Å². The minimum absolute atomic E-state index is 0.0432. The molecule has 2 amide bonds. The van der Waals surface area contributed by atoms with Gasteiger partial charge in [-0.1, -0.05) is 25.4 Å². The number of rotatable bonds is 10. The number of nitrogens with one attached hydrogen (secondary N) is 2. The van der Waals surface area contributed by atoms with Crippen molar-refractivity contribution in [3.8, 4) is 5.75 Å². The van der Waals surface area contributed by atoms with Crippen LogP contribution < -0.4 is 15.4 Å². The van der Waals surface area contributed by atoms with Crippen molar-refractivity contribution in [2.75, 3.05) is 6.61 Å². The van der Waals surface area contributed by atoms with Gasteiger partial charge in [0.05, 0.1) is 16.7 Å². The summed E-state index contributed by atoms with van der Waals surface area (Å²) in [5, 5.41) is 19.1. The standard InChI is InChI=1S/C22H29ClFN3O6/c1-13(2)9-17(33-27-31)20(30)26-21-5-7-22(8-6-21,18(28)11-21)25-19(29)12-32-14-3-4-15(23)16(24)10-14/h3-4,10,13,17-18,28H,5-9,11-12H2,1-2H3,(H,25,29)(H,26,30)/t17?,18-,21?,22?/m0/s1. The van der Waals surface area contributed by atoms with Crippen molar-refractivity contribution in [2.24, 2.45) is 11.3 Å². The first-order chi connectivity index (χ1) is 15.6. The first kappa shape index (κ1) is 25.2. The van der Waals surface area contributed by atoms with Crippen LogP contribution in [0.2, 0.25) is 5.02 Å². The molecular formula is C22H29ClFN3O6. The highest BCUT2D eigenvalue weighted by atomic mass is 35.5. The molecule has 3 saturated carbocycles. The molecule has 1 aromatic carbocycles. The normalized spacial score (nSPS) is 27.0. The van der Waals surface area contributed by atoms with Gasteiger partial charge in [0.1, 0.15) is 11.6 Å². The summed E-state index contributed by atoms with van der Waals surface area (Å²) in [6.07, 6.45) is 0.723. The Kier molecular flexibility index (Phi) is 7.79. The molecule has 0 aliphatic heterocycles. The van der Waals surface area contributed by atoms with E-state index in [0.717, 1.165) is 6.07 Å². The lowest BCUT2D eigenvalue weighted by Crippen LogP contribution is -2.70. The maximum Gasteiger partial charge on any atom is 0.264 e. The molecule has 2 bridgehead atoms. The summed E-state index contributed by atoms with van der Waals surface area (Å²) >= 11 is 5.64. The molecular weight excluding hydrogens is 457 g/mol. The Bertz CT molecular complexity index is 891. The minimum atomic E-state index is -0.989. The minimum Gasteiger partial charge on any atom is -0.484 e. The fourth-order valence-corrected chi connectivity index (χ4v) is 4.83. The monoisotopic (exact) mass is 485 g/mol. The highest BCUT2D eigenvalue weighted by Crippen LogP contribution is 2.47. The van der Waals surface area contributed by atoms with E-state index in [1.54, 1.807) is 0 Å². The zero-order chi connectivity index (χ0) is 24.2. The number of fused-ring (bicyclic) bond motifs is 3. The van der Waals surface area contributed by atoms with Crippen LogP contribution >= 0.6 is 11.6 Å². The molecule has 3 N–H and O–H groups in total. The van der Waals surface area contributed by atoms with Gasteiger partial charge in [-0.2, -0.15) is 0 Å². The second-order valence-corrected chi connectivity index (χ2v) is 9.76. The topological polar surface area (TPSA) is 126 Å². The Hall–Kier alpha value is -2.46. The smallest absolute Gasteiger partial charge is 0.264 e. The molecule has 0 radical (unpaired) electrons. The molecule has 33 heavy (non-hydrogen) atoms. The predicted octanol–water partition coefficient (Wildman–Crippen LogP) is 3.02. The van der Waals surface area contributed by atoms with Crippen LogP contribution in [-0.2, 0) is 14.4 Å². The Morgan fingerprint density at radius 2 is 1.97 bits per heavy atom. The summed E-state index contributed by atoms with van der Waals surface area (Å²) in [5.41, 5.74) is -1.46. The third-order valence-corrected chi connectivity index (χ3v) is 6.81. The van der Waals surface area contributed by atoms with Gasteiger partial charge in [-0.15, -0.1) is 4.91 Å². The van der Waals surface area contributed by atoms with E-state index in [2.05, 4.69) is 16.0 Å². The van der Waals surface area contributed by atoms with Gasteiger partial charge >= 0.3 is 0 Å². The van der Waals surface area contributed by atoms with Crippen molar-refractivity contribution in [1.82, 2.24) is 10.6 Å². The zero-order valence-corrected chi connectivity index (χ0v) is 19.4. The van der Waals surface area contributed by atoms with Gasteiger partial charge < -0.3 is 25.3 Å². The second-order valence-electron chi connectivity index (χ2n) is 9.36. The lowest BCUT2D eigenvalue weighted by molar-refractivity contribution is -0.143. The lowest BCUT2D eigenvalue weighted by Gasteiger charge is -2.56. The van der Waals surface area contributed by atoms with E-state index in [1.165, 1.54) is 12.1 Å². The van der Waals surface area contributed by atoms with Crippen LogP contribution in [0, 0.1) is 16.6 Å². The Balaban J connectivity index is 1.57. The van der Waals surface area contributed by atoms with Gasteiger partial charge in [0.15, 0.2) is 11.9 Å². The Labute approximate surface area is 196 Å². The van der Waals surface area contributed by atoms with E-state index in [1.807, 2.05) is 13.8 Å². The third kappa shape index (κ3) is 5.92. The average molecular weight is 486 g/mol. The number of amides is 2. The molecule has 3 aliphatic rings. The van der Waals surface area contributed by atoms with E-state index in [-0.39, 0.29) is 29.7 Å². The predicted molar refractivity (Wildman–Crippen MR) is 118 cm³/mol. The van der Waals surface area contributed by atoms with Crippen molar-refractivity contribution in [3.05, 3.63) is 33.9 Å². The van der Waals surface area contributed by atoms with Crippen LogP contribution in [0.25, 0.3) is 0 Å². The van der Waals surface area contributed by atoms with Crippen molar-refractivity contribution in [3.63, 3.8) is 0 Å². The van der Waals surface area contributed by atoms with Crippen LogP contribution in [0.5, 0.6) is 5.75 Å². The number of nitrogens with zero attached hydrogens (tertiary/aromatic N) is 1. The van der Waals surface area contributed by atoms with Gasteiger partial charge in [0, 0.05) is 11.6 Å². The summed E-state index contributed by atoms with van der Waals surface area (Å²) in [5.74, 6) is -1.23. The quantitative estimate of drug-likeness (QED) is 0.345. The summed E-state index contributed by atoms with van der Waals surface area (Å²) in [4.78, 5) is 40.5. The van der Waals surface area contributed by atoms with Gasteiger partial charge in [0.2, 0.25) is 6.10 Å². The van der Waals surface area contributed by atoms with E-state index >= 15 is 0 Å². The number of carbonyl (C=O) groups excluding carboxylic acids is 2. The van der Waals surface area contributed by atoms with Crippen LogP contribution in [-0.4, -0.2) is 46.8 Å². The van der Waals surface area contributed by atoms with Crippen molar-refractivity contribution in [1.29, 1.82) is 0 Å². The number of benzene rings is 1. The number of aliphatic hydroxyl groups excluding tert-OH is 1. The van der Waals surface area contributed by atoms with E-state index in [9.17, 15) is 24.0 Å². The fraction of sp³-hybridized carbons (Fsp3) is 0.636. The molecule has 0 saturated heterocycles. The number of halogens is 2. The molecule has 2 atom stereocenters. The molecule has 9 nitrogen and oxygen atoms in total. The average Bonchev–Trinajstić information content (AvgIpc) is 2.75. The first-order valence-corrected chi connectivity index (χ1v) is 11.3. The molecule has 4 rings (SSSR count). The molecule has 0 heterocycles. The van der Waals surface area contributed by atoms with E-state index in [0.29, 0.717) is 32.1 Å². The highest BCUT2D eigenvalue weighted by Gasteiger charge is 2.55. The van der Waals surface area contributed by atoms with Crippen LogP contribution in [0.4, 0.5) is 4.39 Å². The Morgan fingerprint density at radius 1 is 1.27 bits per heavy atom. The largest absolute Gasteiger partial charge is 0.484 e. The first-order valence-electron chi connectivity index (χ1n) is 11.0. The zero-order valence-electron chi connectivity index (χ0n) is 18.6. The summed E-state index contributed by atoms with van der Waals surface area (Å²) in [6, 6.07) is 3.89. The summed E-state index contributed by atoms with van der Waals surface area (Å²) in [7, 11) is 0. The molecule has 3 fully saturated rings. The molecule has 1 unspecified atom stereocenters. The number of carbonyl (C=O) groups is 2. The van der Waals surface area contributed by atoms with Gasteiger partial charge in [0.25, 0.3) is 11.8 Å². The Morgan fingerprint density at radius 3 is 2.55 bits per heavy atom. The summed E-state index contributed by atoms with van der Waals surface area (Å²) in [6.45, 7) is 3.47. The SMILES string of the molecule is CC(C)CC(ON=O)C(=O)NC12CCC(NC(=O)COc3ccc(Cl)c(F)c3)(CC1)[C@@H](O)C2. The summed E-state index contributed by atoms with van der Waals surface area (Å²) < 4.78 is 18.9. The number of ether oxygens (including phenoxy) is 1. The van der Waals surface area contributed by atoms with E-state index in [4.69, 9.17) is 21.2 Å².